The van der Waals surface area contributed by atoms with Crippen LogP contribution in [0.1, 0.15) is 56.8 Å². The second-order valence-electron chi connectivity index (χ2n) is 8.93. The van der Waals surface area contributed by atoms with E-state index in [1.807, 2.05) is 29.2 Å². The normalized spacial score (nSPS) is 20.9. The Morgan fingerprint density at radius 1 is 1.12 bits per heavy atom. The van der Waals surface area contributed by atoms with Gasteiger partial charge >= 0.3 is 5.97 Å². The Morgan fingerprint density at radius 2 is 1.97 bits per heavy atom. The van der Waals surface area contributed by atoms with Crippen LogP contribution in [0.5, 0.6) is 0 Å². The maximum absolute atomic E-state index is 11.9. The van der Waals surface area contributed by atoms with E-state index in [1.54, 1.807) is 0 Å². The minimum atomic E-state index is -0.232. The number of aromatic nitrogens is 3. The lowest BCUT2D eigenvalue weighted by Gasteiger charge is -2.37. The highest BCUT2D eigenvalue weighted by atomic mass is 16.5. The van der Waals surface area contributed by atoms with E-state index in [0.29, 0.717) is 12.2 Å². The first-order chi connectivity index (χ1) is 15.4. The number of pyridine rings is 1. The number of esters is 1. The van der Waals surface area contributed by atoms with Gasteiger partial charge in [-0.05, 0) is 62.1 Å². The molecule has 0 N–H and O–H groups in total. The second-order valence-corrected chi connectivity index (χ2v) is 8.93. The van der Waals surface area contributed by atoms with E-state index in [9.17, 15) is 4.79 Å². The molecule has 4 heterocycles. The fourth-order valence-electron chi connectivity index (χ4n) is 4.62. The molecule has 3 aromatic rings. The Bertz CT molecular complexity index is 1190. The van der Waals surface area contributed by atoms with Crippen molar-refractivity contribution in [2.45, 2.75) is 53.1 Å². The minimum absolute atomic E-state index is 0.0452. The van der Waals surface area contributed by atoms with Gasteiger partial charge in [-0.3, -0.25) is 4.90 Å². The maximum atomic E-state index is 11.9. The van der Waals surface area contributed by atoms with Crippen LogP contribution in [0.15, 0.2) is 36.8 Å². The van der Waals surface area contributed by atoms with E-state index in [2.05, 4.69) is 54.9 Å². The van der Waals surface area contributed by atoms with Crippen molar-refractivity contribution in [3.8, 4) is 5.82 Å². The lowest BCUT2D eigenvalue weighted by molar-refractivity contribution is -0.0816. The molecule has 1 saturated heterocycles. The van der Waals surface area contributed by atoms with E-state index in [0.717, 1.165) is 47.7 Å². The van der Waals surface area contributed by atoms with E-state index < -0.39 is 0 Å². The quantitative estimate of drug-likeness (QED) is 0.584. The van der Waals surface area contributed by atoms with Gasteiger partial charge in [-0.2, -0.15) is 5.10 Å². The summed E-state index contributed by atoms with van der Waals surface area (Å²) in [5.41, 5.74) is 7.42. The summed E-state index contributed by atoms with van der Waals surface area (Å²) in [5.74, 6) is 0.600. The predicted octanol–water partition coefficient (Wildman–Crippen LogP) is 3.82. The molecule has 166 valence electrons. The van der Waals surface area contributed by atoms with Crippen LogP contribution in [0.3, 0.4) is 0 Å². The SMILES string of the molecule is Cc1cnc(-n2cc(CN3CC(C)O[C@H](c4ccc5c(c4C)COC5=O)C3)cn2)cc1C. The smallest absolute Gasteiger partial charge is 0.338 e. The van der Waals surface area contributed by atoms with Crippen molar-refractivity contribution in [3.63, 3.8) is 0 Å². The number of morpholine rings is 1. The largest absolute Gasteiger partial charge is 0.457 e. The number of fused-ring (bicyclic) bond motifs is 1. The molecule has 0 spiro atoms. The van der Waals surface area contributed by atoms with Crippen LogP contribution >= 0.6 is 0 Å². The Hall–Kier alpha value is -3.03. The van der Waals surface area contributed by atoms with Crippen LogP contribution < -0.4 is 0 Å². The number of aryl methyl sites for hydroxylation is 2. The zero-order valence-corrected chi connectivity index (χ0v) is 19.0. The minimum Gasteiger partial charge on any atom is -0.457 e. The Morgan fingerprint density at radius 3 is 2.78 bits per heavy atom. The third-order valence-electron chi connectivity index (χ3n) is 6.53. The molecule has 7 heteroatoms. The van der Waals surface area contributed by atoms with Gasteiger partial charge < -0.3 is 9.47 Å². The van der Waals surface area contributed by atoms with Crippen molar-refractivity contribution in [2.24, 2.45) is 0 Å². The van der Waals surface area contributed by atoms with Crippen molar-refractivity contribution in [2.75, 3.05) is 13.1 Å². The molecule has 0 saturated carbocycles. The van der Waals surface area contributed by atoms with Gasteiger partial charge in [-0.1, -0.05) is 6.07 Å². The summed E-state index contributed by atoms with van der Waals surface area (Å²) in [7, 11) is 0. The molecular weight excluding hydrogens is 404 g/mol. The average Bonchev–Trinajstić information content (AvgIpc) is 3.37. The first kappa shape index (κ1) is 20.8. The standard InChI is InChI=1S/C25H28N4O3/c1-15-7-24(26-8-16(15)2)29-12-19(9-27-29)11-28-10-17(3)32-23(13-28)20-5-6-21-22(18(20)4)14-31-25(21)30/h5-9,12,17,23H,10-11,13-14H2,1-4H3/t17?,23-/m0/s1. The van der Waals surface area contributed by atoms with Crippen molar-refractivity contribution in [3.05, 3.63) is 75.7 Å². The number of nitrogens with zero attached hydrogens (tertiary/aromatic N) is 4. The number of cyclic esters (lactones) is 1. The summed E-state index contributed by atoms with van der Waals surface area (Å²) >= 11 is 0. The molecule has 1 unspecified atom stereocenters. The molecule has 0 amide bonds. The molecule has 0 radical (unpaired) electrons. The first-order valence-corrected chi connectivity index (χ1v) is 11.0. The summed E-state index contributed by atoms with van der Waals surface area (Å²) in [6, 6.07) is 5.95. The fourth-order valence-corrected chi connectivity index (χ4v) is 4.62. The molecule has 2 aliphatic rings. The average molecular weight is 433 g/mol. The molecule has 2 aromatic heterocycles. The molecule has 1 fully saturated rings. The lowest BCUT2D eigenvalue weighted by atomic mass is 9.94. The summed E-state index contributed by atoms with van der Waals surface area (Å²) in [4.78, 5) is 18.8. The zero-order chi connectivity index (χ0) is 22.4. The summed E-state index contributed by atoms with van der Waals surface area (Å²) in [6.07, 6.45) is 5.91. The number of carbonyl (C=O) groups is 1. The summed E-state index contributed by atoms with van der Waals surface area (Å²) < 4.78 is 13.4. The third kappa shape index (κ3) is 3.82. The number of carbonyl (C=O) groups excluding carboxylic acids is 1. The predicted molar refractivity (Wildman–Crippen MR) is 120 cm³/mol. The van der Waals surface area contributed by atoms with Gasteiger partial charge in [0.05, 0.1) is 24.0 Å². The van der Waals surface area contributed by atoms with Crippen molar-refractivity contribution in [1.29, 1.82) is 0 Å². The number of hydrogen-bond donors (Lipinski definition) is 0. The molecule has 7 nitrogen and oxygen atoms in total. The Kier molecular flexibility index (Phi) is 5.31. The maximum Gasteiger partial charge on any atom is 0.338 e. The highest BCUT2D eigenvalue weighted by Crippen LogP contribution is 2.33. The van der Waals surface area contributed by atoms with E-state index in [-0.39, 0.29) is 18.2 Å². The van der Waals surface area contributed by atoms with Gasteiger partial charge in [0.15, 0.2) is 5.82 Å². The summed E-state index contributed by atoms with van der Waals surface area (Å²) in [5, 5.41) is 4.53. The van der Waals surface area contributed by atoms with Gasteiger partial charge in [0, 0.05) is 43.2 Å². The molecular formula is C25H28N4O3. The monoisotopic (exact) mass is 432 g/mol. The fraction of sp³-hybridized carbons (Fsp3) is 0.400. The number of rotatable bonds is 4. The third-order valence-corrected chi connectivity index (χ3v) is 6.53. The Labute approximate surface area is 188 Å². The highest BCUT2D eigenvalue weighted by molar-refractivity contribution is 5.93. The van der Waals surface area contributed by atoms with E-state index >= 15 is 0 Å². The summed E-state index contributed by atoms with van der Waals surface area (Å²) in [6.45, 7) is 11.1. The van der Waals surface area contributed by atoms with Crippen LogP contribution in [-0.4, -0.2) is 44.8 Å². The van der Waals surface area contributed by atoms with Crippen LogP contribution in [0.25, 0.3) is 5.82 Å². The van der Waals surface area contributed by atoms with Gasteiger partial charge in [0.25, 0.3) is 0 Å². The van der Waals surface area contributed by atoms with E-state index in [4.69, 9.17) is 9.47 Å². The van der Waals surface area contributed by atoms with Gasteiger partial charge in [0.2, 0.25) is 0 Å². The Balaban J connectivity index is 1.33. The highest BCUT2D eigenvalue weighted by Gasteiger charge is 2.31. The molecule has 5 rings (SSSR count). The molecule has 1 aromatic carbocycles. The molecule has 2 atom stereocenters. The van der Waals surface area contributed by atoms with Gasteiger partial charge in [-0.25, -0.2) is 14.5 Å². The molecule has 2 aliphatic heterocycles. The van der Waals surface area contributed by atoms with Crippen molar-refractivity contribution >= 4 is 5.97 Å². The van der Waals surface area contributed by atoms with Crippen LogP contribution in [0.4, 0.5) is 0 Å². The van der Waals surface area contributed by atoms with Crippen molar-refractivity contribution < 1.29 is 14.3 Å². The van der Waals surface area contributed by atoms with E-state index in [1.165, 1.54) is 11.1 Å². The topological polar surface area (TPSA) is 69.5 Å². The number of benzene rings is 1. The van der Waals surface area contributed by atoms with Crippen molar-refractivity contribution in [1.82, 2.24) is 19.7 Å². The zero-order valence-electron chi connectivity index (χ0n) is 19.0. The van der Waals surface area contributed by atoms with Gasteiger partial charge in [0.1, 0.15) is 6.61 Å². The van der Waals surface area contributed by atoms with Crippen LogP contribution in [0, 0.1) is 20.8 Å². The molecule has 0 aliphatic carbocycles. The van der Waals surface area contributed by atoms with Crippen LogP contribution in [0.2, 0.25) is 0 Å². The second kappa shape index (κ2) is 8.15. The number of ether oxygens (including phenoxy) is 2. The van der Waals surface area contributed by atoms with Gasteiger partial charge in [-0.15, -0.1) is 0 Å². The lowest BCUT2D eigenvalue weighted by Crippen LogP contribution is -2.42. The molecule has 32 heavy (non-hydrogen) atoms. The first-order valence-electron chi connectivity index (χ1n) is 11.0. The van der Waals surface area contributed by atoms with Crippen LogP contribution in [-0.2, 0) is 22.6 Å². The molecule has 0 bridgehead atoms. The number of hydrogen-bond acceptors (Lipinski definition) is 6.